The maximum atomic E-state index is 11.4. The van der Waals surface area contributed by atoms with Crippen molar-refractivity contribution in [3.05, 3.63) is 0 Å². The van der Waals surface area contributed by atoms with Crippen LogP contribution in [0.5, 0.6) is 0 Å². The minimum atomic E-state index is -1.07. The number of Topliss-reactive ketones (excluding diaryl/α,β-unsaturated/α-hetero) is 1. The minimum Gasteiger partial charge on any atom is -0.300 e. The topological polar surface area (TPSA) is 17.1 Å². The van der Waals surface area contributed by atoms with Crippen molar-refractivity contribution in [3.63, 3.8) is 0 Å². The third-order valence-electron chi connectivity index (χ3n) is 4.01. The molecule has 2 unspecified atom stereocenters. The van der Waals surface area contributed by atoms with Crippen molar-refractivity contribution in [2.75, 3.05) is 0 Å². The van der Waals surface area contributed by atoms with E-state index in [1.54, 1.807) is 0 Å². The molecule has 0 bridgehead atoms. The molecule has 2 fully saturated rings. The van der Waals surface area contributed by atoms with Crippen molar-refractivity contribution in [1.29, 1.82) is 0 Å². The fraction of sp³-hybridized carbons (Fsp3) is 0.900. The summed E-state index contributed by atoms with van der Waals surface area (Å²) < 4.78 is 0. The highest BCUT2D eigenvalue weighted by molar-refractivity contribution is 6.80. The van der Waals surface area contributed by atoms with E-state index in [4.69, 9.17) is 0 Å². The van der Waals surface area contributed by atoms with Crippen molar-refractivity contribution in [2.45, 2.75) is 50.4 Å². The first-order chi connectivity index (χ1) is 5.46. The second-order valence-electron chi connectivity index (χ2n) is 5.56. The summed E-state index contributed by atoms with van der Waals surface area (Å²) in [6, 6.07) is 0. The van der Waals surface area contributed by atoms with Gasteiger partial charge in [0.25, 0.3) is 0 Å². The zero-order valence-corrected chi connectivity index (χ0v) is 9.31. The van der Waals surface area contributed by atoms with Gasteiger partial charge in [-0.3, -0.25) is 4.79 Å². The Morgan fingerprint density at radius 2 is 2.08 bits per heavy atom. The molecule has 1 nitrogen and oxygen atoms in total. The first-order valence-electron chi connectivity index (χ1n) is 4.97. The second kappa shape index (κ2) is 2.22. The van der Waals surface area contributed by atoms with Crippen LogP contribution in [0.4, 0.5) is 0 Å². The zero-order chi connectivity index (χ0) is 8.98. The molecule has 2 aliphatic carbocycles. The molecular weight excluding hydrogens is 164 g/mol. The molecule has 2 atom stereocenters. The lowest BCUT2D eigenvalue weighted by Gasteiger charge is -2.32. The van der Waals surface area contributed by atoms with Gasteiger partial charge in [0.05, 0.1) is 8.07 Å². The number of carbonyl (C=O) groups excluding carboxylic acids is 1. The Bertz CT molecular complexity index is 228. The standard InChI is InChI=1S/C10H18OSi/c1-12(2,3)10-6-8(10)4-5-9(11)7-10/h8H,4-7H2,1-3H3. The second-order valence-corrected chi connectivity index (χ2v) is 11.1. The maximum Gasteiger partial charge on any atom is 0.133 e. The van der Waals surface area contributed by atoms with E-state index in [0.29, 0.717) is 10.8 Å². The summed E-state index contributed by atoms with van der Waals surface area (Å²) in [5.74, 6) is 1.47. The van der Waals surface area contributed by atoms with Crippen molar-refractivity contribution in [1.82, 2.24) is 0 Å². The van der Waals surface area contributed by atoms with E-state index in [-0.39, 0.29) is 0 Å². The quantitative estimate of drug-likeness (QED) is 0.570. The van der Waals surface area contributed by atoms with Crippen molar-refractivity contribution >= 4 is 13.9 Å². The van der Waals surface area contributed by atoms with Gasteiger partial charge in [0.15, 0.2) is 0 Å². The molecule has 0 aliphatic heterocycles. The average molecular weight is 182 g/mol. The van der Waals surface area contributed by atoms with E-state index in [2.05, 4.69) is 19.6 Å². The van der Waals surface area contributed by atoms with E-state index < -0.39 is 8.07 Å². The van der Waals surface area contributed by atoms with Gasteiger partial charge >= 0.3 is 0 Å². The molecule has 0 radical (unpaired) electrons. The molecule has 2 rings (SSSR count). The predicted octanol–water partition coefficient (Wildman–Crippen LogP) is 2.84. The average Bonchev–Trinajstić information content (AvgIpc) is 2.60. The molecule has 2 aliphatic rings. The van der Waals surface area contributed by atoms with E-state index in [1.807, 2.05) is 0 Å². The SMILES string of the molecule is C[Si](C)(C)C12CC(=O)CCC1C2. The molecule has 0 saturated heterocycles. The third-order valence-corrected chi connectivity index (χ3v) is 7.79. The van der Waals surface area contributed by atoms with Gasteiger partial charge in [-0.15, -0.1) is 0 Å². The molecule has 0 heterocycles. The Morgan fingerprint density at radius 3 is 2.58 bits per heavy atom. The summed E-state index contributed by atoms with van der Waals surface area (Å²) in [6.45, 7) is 7.27. The van der Waals surface area contributed by atoms with Gasteiger partial charge in [-0.05, 0) is 23.8 Å². The van der Waals surface area contributed by atoms with Gasteiger partial charge in [0, 0.05) is 12.8 Å². The van der Waals surface area contributed by atoms with Crippen LogP contribution in [-0.2, 0) is 4.79 Å². The summed E-state index contributed by atoms with van der Waals surface area (Å²) in [7, 11) is -1.07. The zero-order valence-electron chi connectivity index (χ0n) is 8.31. The highest BCUT2D eigenvalue weighted by Gasteiger charge is 2.63. The lowest BCUT2D eigenvalue weighted by atomic mass is 9.99. The van der Waals surface area contributed by atoms with Crippen LogP contribution in [0.1, 0.15) is 25.7 Å². The number of hydrogen-bond donors (Lipinski definition) is 0. The molecule has 0 amide bonds. The van der Waals surface area contributed by atoms with Crippen LogP contribution < -0.4 is 0 Å². The molecule has 0 spiro atoms. The smallest absolute Gasteiger partial charge is 0.133 e. The lowest BCUT2D eigenvalue weighted by molar-refractivity contribution is -0.120. The first kappa shape index (κ1) is 8.48. The summed E-state index contributed by atoms with van der Waals surface area (Å²) in [5, 5.41) is 0.544. The Labute approximate surface area is 75.6 Å². The van der Waals surface area contributed by atoms with E-state index >= 15 is 0 Å². The third kappa shape index (κ3) is 1.00. The van der Waals surface area contributed by atoms with E-state index in [9.17, 15) is 4.79 Å². The fourth-order valence-corrected chi connectivity index (χ4v) is 5.89. The van der Waals surface area contributed by atoms with Gasteiger partial charge < -0.3 is 0 Å². The molecular formula is C10H18OSi. The Morgan fingerprint density at radius 1 is 1.42 bits per heavy atom. The summed E-state index contributed by atoms with van der Waals surface area (Å²) in [5.41, 5.74) is 0. The largest absolute Gasteiger partial charge is 0.300 e. The minimum absolute atomic E-state index is 0.533. The monoisotopic (exact) mass is 182 g/mol. The van der Waals surface area contributed by atoms with Crippen LogP contribution in [-0.4, -0.2) is 13.9 Å². The van der Waals surface area contributed by atoms with Gasteiger partial charge in [-0.25, -0.2) is 0 Å². The van der Waals surface area contributed by atoms with E-state index in [1.165, 1.54) is 12.8 Å². The summed E-state index contributed by atoms with van der Waals surface area (Å²) >= 11 is 0. The van der Waals surface area contributed by atoms with Gasteiger partial charge in [0.1, 0.15) is 5.78 Å². The molecule has 0 aromatic rings. The Hall–Kier alpha value is -0.113. The van der Waals surface area contributed by atoms with Crippen LogP contribution in [0.15, 0.2) is 0 Å². The van der Waals surface area contributed by atoms with Crippen molar-refractivity contribution < 1.29 is 4.79 Å². The number of ketones is 1. The van der Waals surface area contributed by atoms with Crippen molar-refractivity contribution in [3.8, 4) is 0 Å². The van der Waals surface area contributed by atoms with Gasteiger partial charge in [-0.2, -0.15) is 0 Å². The molecule has 12 heavy (non-hydrogen) atoms. The number of rotatable bonds is 1. The normalized spacial score (nSPS) is 40.9. The predicted molar refractivity (Wildman–Crippen MR) is 53.0 cm³/mol. The Kier molecular flexibility index (Phi) is 1.57. The molecule has 68 valence electrons. The van der Waals surface area contributed by atoms with Crippen LogP contribution in [0.3, 0.4) is 0 Å². The summed E-state index contributed by atoms with van der Waals surface area (Å²) in [4.78, 5) is 11.4. The number of carbonyl (C=O) groups is 1. The molecule has 2 saturated carbocycles. The van der Waals surface area contributed by atoms with Crippen LogP contribution >= 0.6 is 0 Å². The first-order valence-corrected chi connectivity index (χ1v) is 8.47. The number of fused-ring (bicyclic) bond motifs is 1. The highest BCUT2D eigenvalue weighted by Crippen LogP contribution is 2.71. The molecule has 0 N–H and O–H groups in total. The van der Waals surface area contributed by atoms with Crippen LogP contribution in [0, 0.1) is 5.92 Å². The van der Waals surface area contributed by atoms with Crippen molar-refractivity contribution in [2.24, 2.45) is 5.92 Å². The van der Waals surface area contributed by atoms with E-state index in [0.717, 1.165) is 18.8 Å². The molecule has 0 aromatic heterocycles. The number of hydrogen-bond acceptors (Lipinski definition) is 1. The highest BCUT2D eigenvalue weighted by atomic mass is 28.3. The molecule has 2 heteroatoms. The fourth-order valence-electron chi connectivity index (χ4n) is 2.93. The maximum absolute atomic E-state index is 11.4. The van der Waals surface area contributed by atoms with Gasteiger partial charge in [-0.1, -0.05) is 19.6 Å². The van der Waals surface area contributed by atoms with Crippen LogP contribution in [0.25, 0.3) is 0 Å². The van der Waals surface area contributed by atoms with Gasteiger partial charge in [0.2, 0.25) is 0 Å². The Balaban J connectivity index is 2.19. The van der Waals surface area contributed by atoms with Crippen LogP contribution in [0.2, 0.25) is 24.7 Å². The lowest BCUT2D eigenvalue weighted by Crippen LogP contribution is -2.34. The summed E-state index contributed by atoms with van der Waals surface area (Å²) in [6.07, 6.45) is 4.36. The molecule has 0 aromatic carbocycles.